The van der Waals surface area contributed by atoms with Crippen LogP contribution in [0.5, 0.6) is 0 Å². The highest BCUT2D eigenvalue weighted by Gasteiger charge is 2.37. The van der Waals surface area contributed by atoms with Gasteiger partial charge in [-0.25, -0.2) is 0 Å². The van der Waals surface area contributed by atoms with E-state index in [2.05, 4.69) is 21.2 Å². The van der Waals surface area contributed by atoms with E-state index >= 15 is 0 Å². The monoisotopic (exact) mass is 258 g/mol. The van der Waals surface area contributed by atoms with E-state index in [1.165, 1.54) is 0 Å². The summed E-state index contributed by atoms with van der Waals surface area (Å²) in [6.07, 6.45) is 5.88. The van der Waals surface area contributed by atoms with Gasteiger partial charge in [0.25, 0.3) is 0 Å². The Morgan fingerprint density at radius 1 is 1.26 bits per heavy atom. The van der Waals surface area contributed by atoms with E-state index in [-0.39, 0.29) is 0 Å². The second kappa shape index (κ2) is 4.42. The Morgan fingerprint density at radius 2 is 2.00 bits per heavy atom. The van der Waals surface area contributed by atoms with Crippen molar-refractivity contribution in [3.8, 4) is 11.5 Å². The summed E-state index contributed by atoms with van der Waals surface area (Å²) in [7, 11) is 0. The van der Waals surface area contributed by atoms with E-state index in [0.717, 1.165) is 42.5 Å². The van der Waals surface area contributed by atoms with Crippen LogP contribution >= 0.6 is 0 Å². The molecule has 0 atom stereocenters. The molecule has 19 heavy (non-hydrogen) atoms. The number of aromatic nitrogens is 3. The smallest absolute Gasteiger partial charge is 0.247 e. The molecule has 0 unspecified atom stereocenters. The van der Waals surface area contributed by atoms with Crippen molar-refractivity contribution < 1.29 is 4.52 Å². The molecule has 100 valence electrons. The molecule has 2 N–H and O–H groups in total. The molecule has 0 bridgehead atoms. The molecular formula is C14H18N4O. The van der Waals surface area contributed by atoms with Gasteiger partial charge in [0, 0.05) is 6.20 Å². The Hall–Kier alpha value is -1.75. The molecule has 0 amide bonds. The minimum atomic E-state index is -0.441. The third-order valence-electron chi connectivity index (χ3n) is 3.77. The highest BCUT2D eigenvalue weighted by molar-refractivity contribution is 5.54. The van der Waals surface area contributed by atoms with Crippen LogP contribution in [0.3, 0.4) is 0 Å². The van der Waals surface area contributed by atoms with Gasteiger partial charge >= 0.3 is 0 Å². The molecule has 3 rings (SSSR count). The first kappa shape index (κ1) is 12.3. The molecule has 0 saturated heterocycles. The molecule has 1 aliphatic carbocycles. The fraction of sp³-hybridized carbons (Fsp3) is 0.500. The number of rotatable bonds is 2. The first-order valence-electron chi connectivity index (χ1n) is 6.65. The van der Waals surface area contributed by atoms with Crippen LogP contribution in [-0.4, -0.2) is 15.1 Å². The molecule has 2 heterocycles. The zero-order valence-corrected chi connectivity index (χ0v) is 11.3. The minimum Gasteiger partial charge on any atom is -0.337 e. The van der Waals surface area contributed by atoms with Gasteiger partial charge in [-0.15, -0.1) is 0 Å². The summed E-state index contributed by atoms with van der Waals surface area (Å²) in [5.41, 5.74) is 8.81. The average Bonchev–Trinajstić information content (AvgIpc) is 2.99. The van der Waals surface area contributed by atoms with Gasteiger partial charge in [-0.1, -0.05) is 24.1 Å². The predicted octanol–water partition coefficient (Wildman–Crippen LogP) is 2.48. The van der Waals surface area contributed by atoms with Crippen LogP contribution in [0.4, 0.5) is 0 Å². The molecule has 5 nitrogen and oxygen atoms in total. The van der Waals surface area contributed by atoms with Gasteiger partial charge in [-0.05, 0) is 37.8 Å². The third kappa shape index (κ3) is 2.14. The molecule has 0 radical (unpaired) electrons. The van der Waals surface area contributed by atoms with Crippen molar-refractivity contribution in [1.82, 2.24) is 15.1 Å². The normalized spacial score (nSPS) is 17.8. The Balaban J connectivity index is 1.97. The fourth-order valence-electron chi connectivity index (χ4n) is 2.69. The van der Waals surface area contributed by atoms with Crippen molar-refractivity contribution >= 4 is 0 Å². The summed E-state index contributed by atoms with van der Waals surface area (Å²) < 4.78 is 5.37. The lowest BCUT2D eigenvalue weighted by atomic mass is 9.99. The van der Waals surface area contributed by atoms with E-state index in [0.29, 0.717) is 11.7 Å². The number of aryl methyl sites for hydroxylation is 2. The van der Waals surface area contributed by atoms with Crippen LogP contribution in [0, 0.1) is 13.8 Å². The molecule has 5 heteroatoms. The Labute approximate surface area is 112 Å². The van der Waals surface area contributed by atoms with Crippen molar-refractivity contribution in [2.75, 3.05) is 0 Å². The number of nitrogens with two attached hydrogens (primary N) is 1. The summed E-state index contributed by atoms with van der Waals surface area (Å²) in [5.74, 6) is 1.08. The van der Waals surface area contributed by atoms with E-state index in [1.54, 1.807) is 0 Å². The first-order valence-corrected chi connectivity index (χ1v) is 6.65. The summed E-state index contributed by atoms with van der Waals surface area (Å²) in [6, 6.07) is 2.06. The fourth-order valence-corrected chi connectivity index (χ4v) is 2.69. The second-order valence-electron chi connectivity index (χ2n) is 5.46. The molecule has 2 aromatic heterocycles. The number of pyridine rings is 1. The molecular weight excluding hydrogens is 240 g/mol. The number of hydrogen-bond acceptors (Lipinski definition) is 5. The van der Waals surface area contributed by atoms with Gasteiger partial charge < -0.3 is 10.3 Å². The number of nitrogens with zero attached hydrogens (tertiary/aromatic N) is 3. The zero-order valence-electron chi connectivity index (χ0n) is 11.3. The topological polar surface area (TPSA) is 77.8 Å². The van der Waals surface area contributed by atoms with Gasteiger partial charge in [0.05, 0.1) is 5.54 Å². The highest BCUT2D eigenvalue weighted by atomic mass is 16.5. The van der Waals surface area contributed by atoms with Crippen LogP contribution in [0.2, 0.25) is 0 Å². The van der Waals surface area contributed by atoms with Crippen molar-refractivity contribution in [2.24, 2.45) is 5.73 Å². The summed E-state index contributed by atoms with van der Waals surface area (Å²) in [4.78, 5) is 8.84. The molecule has 0 aromatic carbocycles. The lowest BCUT2D eigenvalue weighted by molar-refractivity contribution is 0.285. The lowest BCUT2D eigenvalue weighted by Crippen LogP contribution is -2.33. The number of hydrogen-bond donors (Lipinski definition) is 1. The molecule has 0 spiro atoms. The quantitative estimate of drug-likeness (QED) is 0.895. The zero-order chi connectivity index (χ0) is 13.5. The Morgan fingerprint density at radius 3 is 2.68 bits per heavy atom. The Kier molecular flexibility index (Phi) is 2.86. The molecule has 1 fully saturated rings. The maximum atomic E-state index is 6.32. The van der Waals surface area contributed by atoms with Gasteiger partial charge in [-0.3, -0.25) is 4.98 Å². The maximum absolute atomic E-state index is 6.32. The van der Waals surface area contributed by atoms with E-state index in [1.807, 2.05) is 20.0 Å². The summed E-state index contributed by atoms with van der Waals surface area (Å²) in [6.45, 7) is 4.01. The maximum Gasteiger partial charge on any atom is 0.247 e. The van der Waals surface area contributed by atoms with Crippen LogP contribution in [-0.2, 0) is 5.54 Å². The van der Waals surface area contributed by atoms with E-state index in [4.69, 9.17) is 10.3 Å². The van der Waals surface area contributed by atoms with E-state index < -0.39 is 5.54 Å². The van der Waals surface area contributed by atoms with Crippen molar-refractivity contribution in [3.63, 3.8) is 0 Å². The first-order chi connectivity index (χ1) is 9.08. The SMILES string of the molecule is Cc1cnc(-c2noc(C3(N)CCCC3)n2)c(C)c1. The van der Waals surface area contributed by atoms with Crippen LogP contribution in [0.15, 0.2) is 16.8 Å². The largest absolute Gasteiger partial charge is 0.337 e. The van der Waals surface area contributed by atoms with Crippen molar-refractivity contribution in [1.29, 1.82) is 0 Å². The Bertz CT molecular complexity index is 599. The van der Waals surface area contributed by atoms with Gasteiger partial charge in [0.2, 0.25) is 11.7 Å². The standard InChI is InChI=1S/C14H18N4O/c1-9-7-10(2)11(16-8-9)12-17-13(19-18-12)14(15)5-3-4-6-14/h7-8H,3-6,15H2,1-2H3. The summed E-state index contributed by atoms with van der Waals surface area (Å²) in [5, 5.41) is 4.04. The van der Waals surface area contributed by atoms with Crippen molar-refractivity contribution in [2.45, 2.75) is 45.1 Å². The third-order valence-corrected chi connectivity index (χ3v) is 3.77. The molecule has 2 aromatic rings. The van der Waals surface area contributed by atoms with Gasteiger partial charge in [-0.2, -0.15) is 4.98 Å². The van der Waals surface area contributed by atoms with Crippen LogP contribution < -0.4 is 5.73 Å². The van der Waals surface area contributed by atoms with E-state index in [9.17, 15) is 0 Å². The lowest BCUT2D eigenvalue weighted by Gasteiger charge is -2.17. The predicted molar refractivity (Wildman–Crippen MR) is 71.3 cm³/mol. The van der Waals surface area contributed by atoms with Crippen molar-refractivity contribution in [3.05, 3.63) is 29.3 Å². The second-order valence-corrected chi connectivity index (χ2v) is 5.46. The average molecular weight is 258 g/mol. The molecule has 1 saturated carbocycles. The highest BCUT2D eigenvalue weighted by Crippen LogP contribution is 2.36. The van der Waals surface area contributed by atoms with Gasteiger partial charge in [0.1, 0.15) is 5.69 Å². The van der Waals surface area contributed by atoms with Crippen LogP contribution in [0.1, 0.15) is 42.7 Å². The van der Waals surface area contributed by atoms with Crippen LogP contribution in [0.25, 0.3) is 11.5 Å². The molecule has 0 aliphatic heterocycles. The summed E-state index contributed by atoms with van der Waals surface area (Å²) >= 11 is 0. The van der Waals surface area contributed by atoms with Gasteiger partial charge in [0.15, 0.2) is 0 Å². The minimum absolute atomic E-state index is 0.441. The molecule has 1 aliphatic rings.